The molecule has 6 heteroatoms. The summed E-state index contributed by atoms with van der Waals surface area (Å²) in [6, 6.07) is 21.6. The van der Waals surface area contributed by atoms with Gasteiger partial charge in [0.15, 0.2) is 0 Å². The minimum Gasteiger partial charge on any atom is -0.355 e. The molecule has 0 atom stereocenters. The van der Waals surface area contributed by atoms with Crippen LogP contribution in [0.3, 0.4) is 0 Å². The summed E-state index contributed by atoms with van der Waals surface area (Å²) in [7, 11) is 0. The van der Waals surface area contributed by atoms with Crippen LogP contribution in [0.25, 0.3) is 10.9 Å². The van der Waals surface area contributed by atoms with Crippen LogP contribution in [0.4, 0.5) is 4.39 Å². The van der Waals surface area contributed by atoms with E-state index in [4.69, 9.17) is 0 Å². The first-order valence-electron chi connectivity index (χ1n) is 12.0. The number of para-hydroxylation sites is 1. The molecule has 2 aromatic carbocycles. The first kappa shape index (κ1) is 22.8. The van der Waals surface area contributed by atoms with Crippen LogP contribution in [0.5, 0.6) is 0 Å². The summed E-state index contributed by atoms with van der Waals surface area (Å²) in [4.78, 5) is 16.4. The van der Waals surface area contributed by atoms with Gasteiger partial charge in [-0.1, -0.05) is 36.4 Å². The third kappa shape index (κ3) is 5.40. The van der Waals surface area contributed by atoms with E-state index in [1.165, 1.54) is 27.5 Å². The number of hydrogen-bond donors (Lipinski definition) is 1. The van der Waals surface area contributed by atoms with Crippen LogP contribution in [0.2, 0.25) is 0 Å². The molecule has 1 aliphatic heterocycles. The molecule has 4 aromatic rings. The molecule has 1 saturated heterocycles. The molecule has 1 aliphatic rings. The number of carbonyl (C=O) groups excluding carboxylic acids is 1. The highest BCUT2D eigenvalue weighted by molar-refractivity contribution is 7.09. The maximum Gasteiger partial charge on any atom is 0.223 e. The van der Waals surface area contributed by atoms with Crippen molar-refractivity contribution >= 4 is 28.1 Å². The highest BCUT2D eigenvalue weighted by Gasteiger charge is 2.25. The lowest BCUT2D eigenvalue weighted by Gasteiger charge is -2.31. The van der Waals surface area contributed by atoms with Crippen LogP contribution in [0.15, 0.2) is 72.1 Å². The largest absolute Gasteiger partial charge is 0.355 e. The van der Waals surface area contributed by atoms with E-state index in [1.54, 1.807) is 23.5 Å². The summed E-state index contributed by atoms with van der Waals surface area (Å²) in [6.45, 7) is 4.00. The summed E-state index contributed by atoms with van der Waals surface area (Å²) in [6.07, 6.45) is 2.67. The summed E-state index contributed by atoms with van der Waals surface area (Å²) in [5.41, 5.74) is 3.35. The van der Waals surface area contributed by atoms with Crippen LogP contribution in [-0.4, -0.2) is 35.0 Å². The molecule has 34 heavy (non-hydrogen) atoms. The Morgan fingerprint density at radius 3 is 2.65 bits per heavy atom. The van der Waals surface area contributed by atoms with Gasteiger partial charge in [-0.15, -0.1) is 11.3 Å². The fraction of sp³-hybridized carbons (Fsp3) is 0.321. The van der Waals surface area contributed by atoms with Crippen molar-refractivity contribution in [2.45, 2.75) is 32.4 Å². The second-order valence-electron chi connectivity index (χ2n) is 9.08. The summed E-state index contributed by atoms with van der Waals surface area (Å²) in [5.74, 6) is 0.0837. The number of rotatable bonds is 8. The first-order valence-corrected chi connectivity index (χ1v) is 12.9. The Hall–Kier alpha value is -2.96. The van der Waals surface area contributed by atoms with Crippen molar-refractivity contribution in [1.82, 2.24) is 14.8 Å². The van der Waals surface area contributed by atoms with E-state index in [-0.39, 0.29) is 17.6 Å². The molecule has 0 radical (unpaired) electrons. The molecule has 3 heterocycles. The van der Waals surface area contributed by atoms with Gasteiger partial charge < -0.3 is 9.88 Å². The minimum atomic E-state index is -0.203. The number of aromatic nitrogens is 1. The molecule has 176 valence electrons. The molecule has 1 fully saturated rings. The number of nitrogens with zero attached hydrogens (tertiary/aromatic N) is 2. The fourth-order valence-corrected chi connectivity index (χ4v) is 5.60. The SMILES string of the molecule is O=C(NCCc1cccs1)C1CCN(Cc2cc3ccccc3n2Cc2cccc(F)c2)CC1. The summed E-state index contributed by atoms with van der Waals surface area (Å²) in [5, 5.41) is 6.40. The summed E-state index contributed by atoms with van der Waals surface area (Å²) >= 11 is 1.74. The second kappa shape index (κ2) is 10.5. The number of likely N-dealkylation sites (tertiary alicyclic amines) is 1. The quantitative estimate of drug-likeness (QED) is 0.367. The van der Waals surface area contributed by atoms with E-state index in [9.17, 15) is 9.18 Å². The predicted octanol–water partition coefficient (Wildman–Crippen LogP) is 5.46. The number of fused-ring (bicyclic) bond motifs is 1. The molecule has 2 aromatic heterocycles. The van der Waals surface area contributed by atoms with E-state index >= 15 is 0 Å². The molecular formula is C28H30FN3OS. The molecule has 5 rings (SSSR count). The Morgan fingerprint density at radius 2 is 1.85 bits per heavy atom. The number of hydrogen-bond acceptors (Lipinski definition) is 3. The smallest absolute Gasteiger partial charge is 0.223 e. The number of carbonyl (C=O) groups is 1. The maximum absolute atomic E-state index is 13.8. The van der Waals surface area contributed by atoms with Gasteiger partial charge in [0.25, 0.3) is 0 Å². The topological polar surface area (TPSA) is 37.3 Å². The fourth-order valence-electron chi connectivity index (χ4n) is 4.89. The van der Waals surface area contributed by atoms with E-state index in [0.29, 0.717) is 13.1 Å². The lowest BCUT2D eigenvalue weighted by atomic mass is 9.95. The van der Waals surface area contributed by atoms with Gasteiger partial charge in [0.1, 0.15) is 5.82 Å². The van der Waals surface area contributed by atoms with Crippen LogP contribution < -0.4 is 5.32 Å². The molecule has 1 N–H and O–H groups in total. The van der Waals surface area contributed by atoms with Crippen molar-refractivity contribution in [1.29, 1.82) is 0 Å². The van der Waals surface area contributed by atoms with Crippen molar-refractivity contribution in [3.63, 3.8) is 0 Å². The number of thiophene rings is 1. The van der Waals surface area contributed by atoms with Gasteiger partial charge in [0.2, 0.25) is 5.91 Å². The Labute approximate surface area is 204 Å². The lowest BCUT2D eigenvalue weighted by molar-refractivity contribution is -0.126. The van der Waals surface area contributed by atoms with Gasteiger partial charge in [-0.2, -0.15) is 0 Å². The van der Waals surface area contributed by atoms with Gasteiger partial charge >= 0.3 is 0 Å². The molecule has 0 unspecified atom stereocenters. The van der Waals surface area contributed by atoms with E-state index in [0.717, 1.165) is 44.5 Å². The van der Waals surface area contributed by atoms with Crippen molar-refractivity contribution in [3.05, 3.63) is 94.1 Å². The number of benzene rings is 2. The first-order chi connectivity index (χ1) is 16.7. The molecular weight excluding hydrogens is 445 g/mol. The number of nitrogens with one attached hydrogen (secondary N) is 1. The maximum atomic E-state index is 13.8. The highest BCUT2D eigenvalue weighted by atomic mass is 32.1. The van der Waals surface area contributed by atoms with Gasteiger partial charge in [-0.05, 0) is 79.0 Å². The second-order valence-corrected chi connectivity index (χ2v) is 10.1. The Balaban J connectivity index is 1.21. The molecule has 1 amide bonds. The average molecular weight is 476 g/mol. The summed E-state index contributed by atoms with van der Waals surface area (Å²) < 4.78 is 16.1. The Kier molecular flexibility index (Phi) is 7.07. The van der Waals surface area contributed by atoms with Crippen molar-refractivity contribution in [3.8, 4) is 0 Å². The zero-order valence-electron chi connectivity index (χ0n) is 19.3. The molecule has 0 bridgehead atoms. The van der Waals surface area contributed by atoms with Crippen molar-refractivity contribution < 1.29 is 9.18 Å². The van der Waals surface area contributed by atoms with Crippen LogP contribution >= 0.6 is 11.3 Å². The minimum absolute atomic E-state index is 0.0951. The monoisotopic (exact) mass is 475 g/mol. The van der Waals surface area contributed by atoms with Crippen LogP contribution in [0, 0.1) is 11.7 Å². The van der Waals surface area contributed by atoms with Crippen molar-refractivity contribution in [2.75, 3.05) is 19.6 Å². The number of amides is 1. The lowest BCUT2D eigenvalue weighted by Crippen LogP contribution is -2.40. The van der Waals surface area contributed by atoms with Crippen LogP contribution in [-0.2, 0) is 24.3 Å². The standard InChI is InChI=1S/C28H30FN3OS/c29-24-7-3-5-21(17-24)19-32-25(18-23-6-1-2-9-27(23)32)20-31-14-11-22(12-15-31)28(33)30-13-10-26-8-4-16-34-26/h1-9,16-18,22H,10-15,19-20H2,(H,30,33). The third-order valence-corrected chi connectivity index (χ3v) is 7.66. The van der Waals surface area contributed by atoms with E-state index in [1.807, 2.05) is 6.07 Å². The highest BCUT2D eigenvalue weighted by Crippen LogP contribution is 2.25. The Morgan fingerprint density at radius 1 is 1.00 bits per heavy atom. The van der Waals surface area contributed by atoms with Gasteiger partial charge in [0, 0.05) is 41.6 Å². The predicted molar refractivity (Wildman–Crippen MR) is 136 cm³/mol. The molecule has 0 saturated carbocycles. The third-order valence-electron chi connectivity index (χ3n) is 6.72. The van der Waals surface area contributed by atoms with Crippen LogP contribution in [0.1, 0.15) is 29.0 Å². The molecule has 0 spiro atoms. The molecule has 0 aliphatic carbocycles. The number of piperidine rings is 1. The zero-order chi connectivity index (χ0) is 23.3. The average Bonchev–Trinajstić information content (AvgIpc) is 3.48. The normalized spacial score (nSPS) is 15.1. The van der Waals surface area contributed by atoms with E-state index in [2.05, 4.69) is 62.6 Å². The van der Waals surface area contributed by atoms with Gasteiger partial charge in [0.05, 0.1) is 0 Å². The van der Waals surface area contributed by atoms with E-state index < -0.39 is 0 Å². The molecule has 4 nitrogen and oxygen atoms in total. The number of halogens is 1. The van der Waals surface area contributed by atoms with Gasteiger partial charge in [-0.3, -0.25) is 9.69 Å². The zero-order valence-corrected chi connectivity index (χ0v) is 20.1. The van der Waals surface area contributed by atoms with Crippen molar-refractivity contribution in [2.24, 2.45) is 5.92 Å². The Bertz CT molecular complexity index is 1240. The van der Waals surface area contributed by atoms with Gasteiger partial charge in [-0.25, -0.2) is 4.39 Å².